The lowest BCUT2D eigenvalue weighted by Gasteiger charge is -2.08. The summed E-state index contributed by atoms with van der Waals surface area (Å²) in [5.74, 6) is 1.80. The molecule has 0 saturated heterocycles. The summed E-state index contributed by atoms with van der Waals surface area (Å²) in [4.78, 5) is 0. The van der Waals surface area contributed by atoms with Crippen molar-refractivity contribution in [3.05, 3.63) is 106 Å². The third kappa shape index (κ3) is 4.76. The van der Waals surface area contributed by atoms with Crippen LogP contribution in [-0.2, 0) is 0 Å². The molecule has 2 nitrogen and oxygen atoms in total. The van der Waals surface area contributed by atoms with E-state index in [-0.39, 0.29) is 0 Å². The van der Waals surface area contributed by atoms with Crippen molar-refractivity contribution in [3.8, 4) is 11.5 Å². The van der Waals surface area contributed by atoms with Crippen molar-refractivity contribution in [2.24, 2.45) is 0 Å². The van der Waals surface area contributed by atoms with Crippen molar-refractivity contribution in [1.29, 1.82) is 0 Å². The third-order valence-corrected chi connectivity index (χ3v) is 5.73. The maximum absolute atomic E-state index is 5.48. The number of rotatable bonds is 6. The smallest absolute Gasteiger partial charge is 0.122 e. The second-order valence-electron chi connectivity index (χ2n) is 7.95. The molecule has 0 radical (unpaired) electrons. The van der Waals surface area contributed by atoms with E-state index in [1.807, 2.05) is 0 Å². The molecule has 4 aromatic rings. The van der Waals surface area contributed by atoms with Crippen LogP contribution in [0.15, 0.2) is 72.8 Å². The molecule has 0 amide bonds. The van der Waals surface area contributed by atoms with Crippen molar-refractivity contribution in [1.82, 2.24) is 0 Å². The summed E-state index contributed by atoms with van der Waals surface area (Å²) in [5.41, 5.74) is 6.81. The zero-order valence-electron chi connectivity index (χ0n) is 19.1. The Morgan fingerprint density at radius 2 is 0.969 bits per heavy atom. The molecule has 4 rings (SSSR count). The Kier molecular flexibility index (Phi) is 6.42. The van der Waals surface area contributed by atoms with Gasteiger partial charge >= 0.3 is 0 Å². The molecule has 2 heteroatoms. The van der Waals surface area contributed by atoms with Gasteiger partial charge in [-0.25, -0.2) is 0 Å². The van der Waals surface area contributed by atoms with Crippen LogP contribution in [0.5, 0.6) is 11.5 Å². The van der Waals surface area contributed by atoms with Crippen molar-refractivity contribution in [2.45, 2.75) is 13.8 Å². The first-order valence-corrected chi connectivity index (χ1v) is 10.8. The summed E-state index contributed by atoms with van der Waals surface area (Å²) in [6, 6.07) is 25.5. The second-order valence-corrected chi connectivity index (χ2v) is 7.95. The predicted octanol–water partition coefficient (Wildman–Crippen LogP) is 7.81. The van der Waals surface area contributed by atoms with Crippen molar-refractivity contribution in [3.63, 3.8) is 0 Å². The number of aryl methyl sites for hydroxylation is 2. The Bertz CT molecular complexity index is 1210. The van der Waals surface area contributed by atoms with E-state index in [2.05, 4.69) is 111 Å². The van der Waals surface area contributed by atoms with Crippen LogP contribution in [-0.4, -0.2) is 14.2 Å². The third-order valence-electron chi connectivity index (χ3n) is 5.73. The Balaban J connectivity index is 1.74. The number of benzene rings is 4. The maximum Gasteiger partial charge on any atom is 0.122 e. The Hall–Kier alpha value is -3.78. The molecule has 0 bridgehead atoms. The van der Waals surface area contributed by atoms with Gasteiger partial charge in [-0.15, -0.1) is 0 Å². The summed E-state index contributed by atoms with van der Waals surface area (Å²) >= 11 is 0. The quantitative estimate of drug-likeness (QED) is 0.296. The summed E-state index contributed by atoms with van der Waals surface area (Å²) in [7, 11) is 3.42. The SMILES string of the molecule is COc1cc(/C=C/c2cc3ccccc3cc2/C=C/c2ccc(C)c(OC)c2)ccc1C. The molecule has 0 spiro atoms. The number of hydrogen-bond donors (Lipinski definition) is 0. The van der Waals surface area contributed by atoms with Gasteiger partial charge in [0.1, 0.15) is 11.5 Å². The Morgan fingerprint density at radius 1 is 0.531 bits per heavy atom. The summed E-state index contributed by atoms with van der Waals surface area (Å²) in [6.45, 7) is 4.11. The highest BCUT2D eigenvalue weighted by atomic mass is 16.5. The van der Waals surface area contributed by atoms with Gasteiger partial charge in [0.05, 0.1) is 14.2 Å². The highest BCUT2D eigenvalue weighted by Crippen LogP contribution is 2.26. The predicted molar refractivity (Wildman–Crippen MR) is 137 cm³/mol. The molecule has 4 aromatic carbocycles. The van der Waals surface area contributed by atoms with Gasteiger partial charge in [0.2, 0.25) is 0 Å². The average molecular weight is 421 g/mol. The molecule has 0 aromatic heterocycles. The molecule has 0 N–H and O–H groups in total. The first kappa shape index (κ1) is 21.5. The van der Waals surface area contributed by atoms with Crippen LogP contribution in [0.4, 0.5) is 0 Å². The van der Waals surface area contributed by atoms with Gasteiger partial charge in [0.25, 0.3) is 0 Å². The summed E-state index contributed by atoms with van der Waals surface area (Å²) in [5, 5.41) is 2.45. The molecular weight excluding hydrogens is 392 g/mol. The Labute approximate surface area is 190 Å². The van der Waals surface area contributed by atoms with E-state index in [9.17, 15) is 0 Å². The molecule has 32 heavy (non-hydrogen) atoms. The van der Waals surface area contributed by atoms with E-state index < -0.39 is 0 Å². The normalized spacial score (nSPS) is 11.5. The number of ether oxygens (including phenoxy) is 2. The zero-order chi connectivity index (χ0) is 22.5. The fraction of sp³-hybridized carbons (Fsp3) is 0.133. The molecule has 0 heterocycles. The minimum atomic E-state index is 0.902. The molecule has 0 fully saturated rings. The van der Waals surface area contributed by atoms with E-state index in [1.54, 1.807) is 14.2 Å². The van der Waals surface area contributed by atoms with Crippen LogP contribution in [0.1, 0.15) is 33.4 Å². The monoisotopic (exact) mass is 420 g/mol. The largest absolute Gasteiger partial charge is 0.496 e. The second kappa shape index (κ2) is 9.57. The minimum absolute atomic E-state index is 0.902. The van der Waals surface area contributed by atoms with E-state index in [0.717, 1.165) is 33.8 Å². The Morgan fingerprint density at radius 3 is 1.38 bits per heavy atom. The highest BCUT2D eigenvalue weighted by molar-refractivity contribution is 5.91. The zero-order valence-corrected chi connectivity index (χ0v) is 19.1. The van der Waals surface area contributed by atoms with Crippen LogP contribution in [0.25, 0.3) is 35.1 Å². The number of methoxy groups -OCH3 is 2. The van der Waals surface area contributed by atoms with E-state index in [4.69, 9.17) is 9.47 Å². The highest BCUT2D eigenvalue weighted by Gasteiger charge is 2.03. The van der Waals surface area contributed by atoms with Crippen LogP contribution < -0.4 is 9.47 Å². The van der Waals surface area contributed by atoms with E-state index in [0.29, 0.717) is 0 Å². The lowest BCUT2D eigenvalue weighted by Crippen LogP contribution is -1.88. The van der Waals surface area contributed by atoms with Gasteiger partial charge in [0.15, 0.2) is 0 Å². The van der Waals surface area contributed by atoms with Gasteiger partial charge in [0, 0.05) is 0 Å². The fourth-order valence-corrected chi connectivity index (χ4v) is 3.82. The minimum Gasteiger partial charge on any atom is -0.496 e. The molecule has 0 unspecified atom stereocenters. The van der Waals surface area contributed by atoms with Gasteiger partial charge in [-0.3, -0.25) is 0 Å². The lowest BCUT2D eigenvalue weighted by atomic mass is 9.98. The molecular formula is C30H28O2. The van der Waals surface area contributed by atoms with Crippen LogP contribution in [0.3, 0.4) is 0 Å². The first-order valence-electron chi connectivity index (χ1n) is 10.8. The average Bonchev–Trinajstić information content (AvgIpc) is 2.82. The van der Waals surface area contributed by atoms with Crippen molar-refractivity contribution < 1.29 is 9.47 Å². The molecule has 160 valence electrons. The fourth-order valence-electron chi connectivity index (χ4n) is 3.82. The van der Waals surface area contributed by atoms with Gasteiger partial charge in [-0.1, -0.05) is 72.8 Å². The molecule has 0 aliphatic rings. The van der Waals surface area contributed by atoms with Crippen LogP contribution >= 0.6 is 0 Å². The van der Waals surface area contributed by atoms with Crippen molar-refractivity contribution >= 4 is 35.1 Å². The molecule has 0 aliphatic heterocycles. The van der Waals surface area contributed by atoms with Gasteiger partial charge in [-0.05, 0) is 82.3 Å². The van der Waals surface area contributed by atoms with Gasteiger partial charge < -0.3 is 9.47 Å². The lowest BCUT2D eigenvalue weighted by molar-refractivity contribution is 0.411. The summed E-state index contributed by atoms with van der Waals surface area (Å²) < 4.78 is 11.0. The maximum atomic E-state index is 5.48. The summed E-state index contributed by atoms with van der Waals surface area (Å²) in [6.07, 6.45) is 8.62. The molecule has 0 aliphatic carbocycles. The number of hydrogen-bond acceptors (Lipinski definition) is 2. The topological polar surface area (TPSA) is 18.5 Å². The van der Waals surface area contributed by atoms with Crippen LogP contribution in [0, 0.1) is 13.8 Å². The van der Waals surface area contributed by atoms with E-state index in [1.165, 1.54) is 21.9 Å². The molecule has 0 atom stereocenters. The number of fused-ring (bicyclic) bond motifs is 1. The van der Waals surface area contributed by atoms with Crippen molar-refractivity contribution in [2.75, 3.05) is 14.2 Å². The molecule has 0 saturated carbocycles. The standard InChI is InChI=1S/C30H28O2/c1-21-9-11-23(17-29(21)31-3)13-15-27-19-25-7-5-6-8-26(25)20-28(27)16-14-24-12-10-22(2)30(18-24)32-4/h5-20H,1-4H3/b15-13+,16-14+. The van der Waals surface area contributed by atoms with Gasteiger partial charge in [-0.2, -0.15) is 0 Å². The van der Waals surface area contributed by atoms with E-state index >= 15 is 0 Å². The van der Waals surface area contributed by atoms with Crippen LogP contribution in [0.2, 0.25) is 0 Å². The first-order chi connectivity index (χ1) is 15.6.